The number of methoxy groups -OCH3 is 2. The number of rotatable bonds is 8. The molecule has 1 amide bonds. The maximum absolute atomic E-state index is 12.4. The Hall–Kier alpha value is -2.05. The highest BCUT2D eigenvalue weighted by atomic mass is 79.9. The van der Waals surface area contributed by atoms with E-state index in [0.717, 1.165) is 27.1 Å². The summed E-state index contributed by atoms with van der Waals surface area (Å²) in [5.41, 5.74) is 2.04. The SMILES string of the molecule is COc1ccc(OC)c([C@@H](C)NC(=O)CN(C)Cc2ccc(Br)cc2)c1. The molecule has 2 rings (SSSR count). The van der Waals surface area contributed by atoms with Gasteiger partial charge < -0.3 is 14.8 Å². The number of benzene rings is 2. The summed E-state index contributed by atoms with van der Waals surface area (Å²) < 4.78 is 11.7. The molecule has 26 heavy (non-hydrogen) atoms. The van der Waals surface area contributed by atoms with Crippen molar-refractivity contribution in [2.24, 2.45) is 0 Å². The second-order valence-corrected chi connectivity index (χ2v) is 7.11. The van der Waals surface area contributed by atoms with Gasteiger partial charge in [-0.3, -0.25) is 9.69 Å². The molecule has 0 bridgehead atoms. The normalized spacial score (nSPS) is 11.9. The molecular weight excluding hydrogens is 396 g/mol. The van der Waals surface area contributed by atoms with Gasteiger partial charge in [-0.05, 0) is 49.9 Å². The first kappa shape index (κ1) is 20.3. The molecule has 0 saturated heterocycles. The van der Waals surface area contributed by atoms with E-state index in [1.165, 1.54) is 0 Å². The van der Waals surface area contributed by atoms with E-state index < -0.39 is 0 Å². The summed E-state index contributed by atoms with van der Waals surface area (Å²) in [4.78, 5) is 14.4. The Morgan fingerprint density at radius 1 is 1.15 bits per heavy atom. The molecule has 0 aliphatic rings. The van der Waals surface area contributed by atoms with E-state index in [0.29, 0.717) is 13.1 Å². The number of hydrogen-bond donors (Lipinski definition) is 1. The summed E-state index contributed by atoms with van der Waals surface area (Å²) in [6.07, 6.45) is 0. The van der Waals surface area contributed by atoms with Crippen LogP contribution >= 0.6 is 15.9 Å². The van der Waals surface area contributed by atoms with Crippen molar-refractivity contribution in [1.82, 2.24) is 10.2 Å². The van der Waals surface area contributed by atoms with Crippen LogP contribution in [-0.2, 0) is 11.3 Å². The molecule has 0 fully saturated rings. The third-order valence-corrected chi connectivity index (χ3v) is 4.59. The molecule has 0 saturated carbocycles. The van der Waals surface area contributed by atoms with Crippen molar-refractivity contribution in [1.29, 1.82) is 0 Å². The highest BCUT2D eigenvalue weighted by molar-refractivity contribution is 9.10. The number of likely N-dealkylation sites (N-methyl/N-ethyl adjacent to an activating group) is 1. The molecule has 2 aromatic rings. The van der Waals surface area contributed by atoms with E-state index in [1.807, 2.05) is 61.3 Å². The number of nitrogens with zero attached hydrogens (tertiary/aromatic N) is 1. The first-order valence-corrected chi connectivity index (χ1v) is 9.16. The Bertz CT molecular complexity index is 734. The first-order valence-electron chi connectivity index (χ1n) is 8.37. The summed E-state index contributed by atoms with van der Waals surface area (Å²) in [6, 6.07) is 13.5. The quantitative estimate of drug-likeness (QED) is 0.705. The number of ether oxygens (including phenoxy) is 2. The van der Waals surface area contributed by atoms with Gasteiger partial charge in [-0.15, -0.1) is 0 Å². The number of carbonyl (C=O) groups is 1. The van der Waals surface area contributed by atoms with Crippen LogP contribution in [0.5, 0.6) is 11.5 Å². The molecule has 5 nitrogen and oxygen atoms in total. The molecule has 0 aromatic heterocycles. The maximum atomic E-state index is 12.4. The zero-order chi connectivity index (χ0) is 19.1. The third-order valence-electron chi connectivity index (χ3n) is 4.06. The average Bonchev–Trinajstić information content (AvgIpc) is 2.62. The van der Waals surface area contributed by atoms with Gasteiger partial charge in [0.25, 0.3) is 0 Å². The predicted molar refractivity (Wildman–Crippen MR) is 107 cm³/mol. The summed E-state index contributed by atoms with van der Waals surface area (Å²) in [5, 5.41) is 3.02. The van der Waals surface area contributed by atoms with Crippen molar-refractivity contribution in [3.05, 3.63) is 58.1 Å². The molecule has 0 aliphatic carbocycles. The van der Waals surface area contributed by atoms with Crippen LogP contribution in [0.1, 0.15) is 24.1 Å². The number of halogens is 1. The molecule has 0 unspecified atom stereocenters. The highest BCUT2D eigenvalue weighted by Gasteiger charge is 2.16. The van der Waals surface area contributed by atoms with Gasteiger partial charge in [-0.25, -0.2) is 0 Å². The largest absolute Gasteiger partial charge is 0.497 e. The van der Waals surface area contributed by atoms with Gasteiger partial charge >= 0.3 is 0 Å². The smallest absolute Gasteiger partial charge is 0.234 e. The molecular formula is C20H25BrN2O3. The Kier molecular flexibility index (Phi) is 7.48. The van der Waals surface area contributed by atoms with E-state index in [9.17, 15) is 4.79 Å². The van der Waals surface area contributed by atoms with Crippen LogP contribution in [0.2, 0.25) is 0 Å². The first-order chi connectivity index (χ1) is 12.4. The lowest BCUT2D eigenvalue weighted by Gasteiger charge is -2.21. The average molecular weight is 421 g/mol. The van der Waals surface area contributed by atoms with Gasteiger partial charge in [0.1, 0.15) is 11.5 Å². The molecule has 0 spiro atoms. The fourth-order valence-electron chi connectivity index (χ4n) is 2.75. The maximum Gasteiger partial charge on any atom is 0.234 e. The van der Waals surface area contributed by atoms with Crippen molar-refractivity contribution in [2.45, 2.75) is 19.5 Å². The van der Waals surface area contributed by atoms with E-state index in [1.54, 1.807) is 14.2 Å². The van der Waals surface area contributed by atoms with Gasteiger partial charge in [-0.2, -0.15) is 0 Å². The van der Waals surface area contributed by atoms with Crippen molar-refractivity contribution in [3.8, 4) is 11.5 Å². The Labute approximate surface area is 163 Å². The van der Waals surface area contributed by atoms with E-state index in [-0.39, 0.29) is 11.9 Å². The lowest BCUT2D eigenvalue weighted by Crippen LogP contribution is -2.36. The molecule has 2 aromatic carbocycles. The number of hydrogen-bond acceptors (Lipinski definition) is 4. The molecule has 0 heterocycles. The lowest BCUT2D eigenvalue weighted by atomic mass is 10.1. The van der Waals surface area contributed by atoms with E-state index in [2.05, 4.69) is 21.2 Å². The van der Waals surface area contributed by atoms with Crippen molar-refractivity contribution < 1.29 is 14.3 Å². The summed E-state index contributed by atoms with van der Waals surface area (Å²) in [5.74, 6) is 1.41. The van der Waals surface area contributed by atoms with Gasteiger partial charge in [0.15, 0.2) is 0 Å². The minimum atomic E-state index is -0.186. The van der Waals surface area contributed by atoms with Crippen molar-refractivity contribution in [3.63, 3.8) is 0 Å². The fraction of sp³-hybridized carbons (Fsp3) is 0.350. The van der Waals surface area contributed by atoms with E-state index in [4.69, 9.17) is 9.47 Å². The molecule has 140 valence electrons. The summed E-state index contributed by atoms with van der Waals surface area (Å²) in [7, 11) is 5.16. The van der Waals surface area contributed by atoms with E-state index >= 15 is 0 Å². The van der Waals surface area contributed by atoms with Crippen LogP contribution in [0.15, 0.2) is 46.9 Å². The number of amides is 1. The minimum Gasteiger partial charge on any atom is -0.497 e. The predicted octanol–water partition coefficient (Wildman–Crippen LogP) is 3.78. The van der Waals surface area contributed by atoms with Crippen LogP contribution in [0.25, 0.3) is 0 Å². The fourth-order valence-corrected chi connectivity index (χ4v) is 3.01. The Balaban J connectivity index is 1.95. The number of carbonyl (C=O) groups excluding carboxylic acids is 1. The number of nitrogens with one attached hydrogen (secondary N) is 1. The van der Waals surface area contributed by atoms with Crippen LogP contribution in [0, 0.1) is 0 Å². The van der Waals surface area contributed by atoms with Crippen molar-refractivity contribution >= 4 is 21.8 Å². The summed E-state index contributed by atoms with van der Waals surface area (Å²) in [6.45, 7) is 2.95. The van der Waals surface area contributed by atoms with Crippen LogP contribution in [0.4, 0.5) is 0 Å². The highest BCUT2D eigenvalue weighted by Crippen LogP contribution is 2.29. The minimum absolute atomic E-state index is 0.0398. The van der Waals surface area contributed by atoms with Crippen LogP contribution in [0.3, 0.4) is 0 Å². The monoisotopic (exact) mass is 420 g/mol. The molecule has 6 heteroatoms. The Morgan fingerprint density at radius 2 is 1.85 bits per heavy atom. The topological polar surface area (TPSA) is 50.8 Å². The van der Waals surface area contributed by atoms with Gasteiger partial charge in [0.05, 0.1) is 26.8 Å². The zero-order valence-electron chi connectivity index (χ0n) is 15.6. The van der Waals surface area contributed by atoms with Crippen molar-refractivity contribution in [2.75, 3.05) is 27.8 Å². The van der Waals surface area contributed by atoms with Gasteiger partial charge in [-0.1, -0.05) is 28.1 Å². The summed E-state index contributed by atoms with van der Waals surface area (Å²) >= 11 is 3.43. The second-order valence-electron chi connectivity index (χ2n) is 6.20. The lowest BCUT2D eigenvalue weighted by molar-refractivity contribution is -0.122. The zero-order valence-corrected chi connectivity index (χ0v) is 17.2. The van der Waals surface area contributed by atoms with Gasteiger partial charge in [0.2, 0.25) is 5.91 Å². The second kappa shape index (κ2) is 9.59. The standard InChI is InChI=1S/C20H25BrN2O3/c1-14(18-11-17(25-3)9-10-19(18)26-4)22-20(24)13-23(2)12-15-5-7-16(21)8-6-15/h5-11,14H,12-13H2,1-4H3,(H,22,24)/t14-/m1/s1. The van der Waals surface area contributed by atoms with Crippen LogP contribution in [-0.4, -0.2) is 38.6 Å². The Morgan fingerprint density at radius 3 is 2.46 bits per heavy atom. The molecule has 0 aliphatic heterocycles. The molecule has 1 N–H and O–H groups in total. The molecule has 0 radical (unpaired) electrons. The van der Waals surface area contributed by atoms with Gasteiger partial charge in [0, 0.05) is 16.6 Å². The van der Waals surface area contributed by atoms with Crippen LogP contribution < -0.4 is 14.8 Å². The third kappa shape index (κ3) is 5.75. The molecule has 1 atom stereocenters.